The lowest BCUT2D eigenvalue weighted by atomic mass is 10.0. The fraction of sp³-hybridized carbons (Fsp3) is 0.278. The van der Waals surface area contributed by atoms with E-state index in [0.29, 0.717) is 29.8 Å². The van der Waals surface area contributed by atoms with Gasteiger partial charge in [-0.25, -0.2) is 9.97 Å². The van der Waals surface area contributed by atoms with Crippen LogP contribution in [0.5, 0.6) is 0 Å². The van der Waals surface area contributed by atoms with Crippen molar-refractivity contribution in [1.82, 2.24) is 15.3 Å². The Balaban J connectivity index is 2.29. The van der Waals surface area contributed by atoms with Crippen LogP contribution in [-0.4, -0.2) is 22.4 Å². The van der Waals surface area contributed by atoms with E-state index in [1.165, 1.54) is 5.56 Å². The summed E-state index contributed by atoms with van der Waals surface area (Å²) in [6.07, 6.45) is 1.63. The van der Waals surface area contributed by atoms with Crippen molar-refractivity contribution in [2.75, 3.05) is 11.9 Å². The predicted octanol–water partition coefficient (Wildman–Crippen LogP) is 3.57. The van der Waals surface area contributed by atoms with Gasteiger partial charge in [-0.15, -0.1) is 6.58 Å². The number of amides is 1. The number of carbonyl (C=O) groups excluding carboxylic acids is 1. The van der Waals surface area contributed by atoms with Gasteiger partial charge in [0, 0.05) is 18.3 Å². The van der Waals surface area contributed by atoms with Crippen LogP contribution < -0.4 is 10.6 Å². The van der Waals surface area contributed by atoms with E-state index in [-0.39, 0.29) is 5.91 Å². The number of rotatable bonds is 6. The van der Waals surface area contributed by atoms with Gasteiger partial charge in [-0.1, -0.05) is 38.1 Å². The van der Waals surface area contributed by atoms with E-state index >= 15 is 0 Å². The van der Waals surface area contributed by atoms with Crippen LogP contribution in [0.3, 0.4) is 0 Å². The first-order valence-electron chi connectivity index (χ1n) is 7.62. The largest absolute Gasteiger partial charge is 0.347 e. The lowest BCUT2D eigenvalue weighted by Gasteiger charge is -2.14. The topological polar surface area (TPSA) is 66.9 Å². The molecule has 23 heavy (non-hydrogen) atoms. The van der Waals surface area contributed by atoms with Gasteiger partial charge in [-0.05, 0) is 24.5 Å². The minimum absolute atomic E-state index is 0.240. The molecule has 0 saturated heterocycles. The Hall–Kier alpha value is -2.69. The first-order chi connectivity index (χ1) is 11.0. The molecule has 1 heterocycles. The third-order valence-electron chi connectivity index (χ3n) is 3.32. The maximum atomic E-state index is 12.1. The average Bonchev–Trinajstić information content (AvgIpc) is 2.52. The highest BCUT2D eigenvalue weighted by molar-refractivity contribution is 5.93. The Labute approximate surface area is 136 Å². The van der Waals surface area contributed by atoms with Crippen LogP contribution in [0.4, 0.5) is 11.5 Å². The molecule has 0 radical (unpaired) electrons. The molecule has 0 aliphatic carbocycles. The number of carbonyl (C=O) groups is 1. The van der Waals surface area contributed by atoms with Gasteiger partial charge < -0.3 is 10.6 Å². The van der Waals surface area contributed by atoms with E-state index in [4.69, 9.17) is 0 Å². The summed E-state index contributed by atoms with van der Waals surface area (Å²) in [6, 6.07) is 9.73. The summed E-state index contributed by atoms with van der Waals surface area (Å²) >= 11 is 0. The molecule has 1 aromatic heterocycles. The molecule has 0 aliphatic heterocycles. The summed E-state index contributed by atoms with van der Waals surface area (Å²) in [4.78, 5) is 20.6. The Kier molecular flexibility index (Phi) is 5.46. The molecule has 0 atom stereocenters. The van der Waals surface area contributed by atoms with E-state index in [1.54, 1.807) is 19.1 Å². The van der Waals surface area contributed by atoms with E-state index < -0.39 is 0 Å². The van der Waals surface area contributed by atoms with Gasteiger partial charge in [-0.3, -0.25) is 4.79 Å². The third kappa shape index (κ3) is 4.39. The molecule has 0 aliphatic rings. The number of benzene rings is 1. The number of hydrogen-bond donors (Lipinski definition) is 2. The van der Waals surface area contributed by atoms with Crippen molar-refractivity contribution in [2.45, 2.75) is 26.7 Å². The molecule has 5 nitrogen and oxygen atoms in total. The van der Waals surface area contributed by atoms with Crippen LogP contribution in [0, 0.1) is 6.92 Å². The van der Waals surface area contributed by atoms with Crippen LogP contribution in [0.15, 0.2) is 43.0 Å². The van der Waals surface area contributed by atoms with Crippen molar-refractivity contribution in [3.05, 3.63) is 60.1 Å². The van der Waals surface area contributed by atoms with Crippen molar-refractivity contribution >= 4 is 17.4 Å². The molecular weight excluding hydrogens is 288 g/mol. The number of hydrogen-bond acceptors (Lipinski definition) is 4. The molecule has 0 saturated carbocycles. The summed E-state index contributed by atoms with van der Waals surface area (Å²) in [7, 11) is 0. The monoisotopic (exact) mass is 310 g/mol. The van der Waals surface area contributed by atoms with Gasteiger partial charge in [0.25, 0.3) is 5.91 Å². The van der Waals surface area contributed by atoms with Crippen molar-refractivity contribution in [3.63, 3.8) is 0 Å². The van der Waals surface area contributed by atoms with Gasteiger partial charge in [0.2, 0.25) is 0 Å². The number of para-hydroxylation sites is 1. The second-order valence-corrected chi connectivity index (χ2v) is 5.55. The molecule has 0 fully saturated rings. The summed E-state index contributed by atoms with van der Waals surface area (Å²) < 4.78 is 0. The Morgan fingerprint density at radius 3 is 2.74 bits per heavy atom. The van der Waals surface area contributed by atoms with E-state index in [2.05, 4.69) is 47.1 Å². The first kappa shape index (κ1) is 16.7. The summed E-state index contributed by atoms with van der Waals surface area (Å²) in [5.74, 6) is 1.29. The number of nitrogens with zero attached hydrogens (tertiary/aromatic N) is 2. The zero-order valence-corrected chi connectivity index (χ0v) is 13.8. The molecule has 2 N–H and O–H groups in total. The maximum Gasteiger partial charge on any atom is 0.270 e. The normalized spacial score (nSPS) is 10.4. The molecule has 1 amide bonds. The van der Waals surface area contributed by atoms with Gasteiger partial charge in [0.15, 0.2) is 0 Å². The molecule has 0 bridgehead atoms. The second kappa shape index (κ2) is 7.54. The molecular formula is C18H22N4O. The number of aryl methyl sites for hydroxylation is 1. The molecule has 1 aromatic carbocycles. The number of nitrogens with one attached hydrogen (secondary N) is 2. The first-order valence-corrected chi connectivity index (χ1v) is 7.62. The lowest BCUT2D eigenvalue weighted by molar-refractivity contribution is 0.0952. The summed E-state index contributed by atoms with van der Waals surface area (Å²) in [5, 5.41) is 6.02. The van der Waals surface area contributed by atoms with E-state index in [1.807, 2.05) is 18.2 Å². The van der Waals surface area contributed by atoms with Gasteiger partial charge >= 0.3 is 0 Å². The lowest BCUT2D eigenvalue weighted by Crippen LogP contribution is -2.24. The second-order valence-electron chi connectivity index (χ2n) is 5.55. The van der Waals surface area contributed by atoms with Crippen LogP contribution in [0.1, 0.15) is 41.6 Å². The van der Waals surface area contributed by atoms with Crippen LogP contribution in [0.2, 0.25) is 0 Å². The summed E-state index contributed by atoms with van der Waals surface area (Å²) in [6.45, 7) is 10.0. The Morgan fingerprint density at radius 1 is 1.30 bits per heavy atom. The smallest absolute Gasteiger partial charge is 0.270 e. The molecule has 2 aromatic rings. The molecule has 120 valence electrons. The predicted molar refractivity (Wildman–Crippen MR) is 93.1 cm³/mol. The number of anilines is 2. The molecule has 0 spiro atoms. The zero-order chi connectivity index (χ0) is 16.8. The third-order valence-corrected chi connectivity index (χ3v) is 3.32. The number of aromatic nitrogens is 2. The molecule has 2 rings (SSSR count). The van der Waals surface area contributed by atoms with Gasteiger partial charge in [-0.2, -0.15) is 0 Å². The maximum absolute atomic E-state index is 12.1. The molecule has 0 unspecified atom stereocenters. The minimum atomic E-state index is -0.240. The Bertz CT molecular complexity index is 710. The molecule has 5 heteroatoms. The van der Waals surface area contributed by atoms with Crippen LogP contribution >= 0.6 is 0 Å². The highest BCUT2D eigenvalue weighted by atomic mass is 16.1. The minimum Gasteiger partial charge on any atom is -0.347 e. The van der Waals surface area contributed by atoms with Crippen molar-refractivity contribution in [1.29, 1.82) is 0 Å². The standard InChI is InChI=1S/C18H22N4O/c1-5-10-19-18(23)16-11-17(21-13(4)20-16)22-15-9-7-6-8-14(15)12(2)3/h5-9,11-12H,1,10H2,2-4H3,(H,19,23)(H,20,21,22). The van der Waals surface area contributed by atoms with Crippen LogP contribution in [0.25, 0.3) is 0 Å². The summed E-state index contributed by atoms with van der Waals surface area (Å²) in [5.41, 5.74) is 2.52. The van der Waals surface area contributed by atoms with E-state index in [0.717, 1.165) is 5.69 Å². The average molecular weight is 310 g/mol. The fourth-order valence-electron chi connectivity index (χ4n) is 2.26. The highest BCUT2D eigenvalue weighted by Gasteiger charge is 2.11. The van der Waals surface area contributed by atoms with Gasteiger partial charge in [0.05, 0.1) is 0 Å². The van der Waals surface area contributed by atoms with E-state index in [9.17, 15) is 4.79 Å². The SMILES string of the molecule is C=CCNC(=O)c1cc(Nc2ccccc2C(C)C)nc(C)n1. The fourth-order valence-corrected chi connectivity index (χ4v) is 2.26. The van der Waals surface area contributed by atoms with Crippen molar-refractivity contribution < 1.29 is 4.79 Å². The quantitative estimate of drug-likeness (QED) is 0.801. The highest BCUT2D eigenvalue weighted by Crippen LogP contribution is 2.26. The van der Waals surface area contributed by atoms with Gasteiger partial charge in [0.1, 0.15) is 17.3 Å². The zero-order valence-electron chi connectivity index (χ0n) is 13.8. The van der Waals surface area contributed by atoms with Crippen molar-refractivity contribution in [2.24, 2.45) is 0 Å². The van der Waals surface area contributed by atoms with Crippen LogP contribution in [-0.2, 0) is 0 Å². The van der Waals surface area contributed by atoms with Crippen molar-refractivity contribution in [3.8, 4) is 0 Å². The Morgan fingerprint density at radius 2 is 2.04 bits per heavy atom.